The number of aryl methyl sites for hydroxylation is 1. The lowest BCUT2D eigenvalue weighted by Gasteiger charge is -2.28. The number of hydrogen-bond acceptors (Lipinski definition) is 3. The maximum absolute atomic E-state index is 12.3. The van der Waals surface area contributed by atoms with Crippen LogP contribution < -0.4 is 4.72 Å². The lowest BCUT2D eigenvalue weighted by molar-refractivity contribution is 0.101. The molecule has 0 spiro atoms. The molecule has 0 heterocycles. The number of halogens is 1. The van der Waals surface area contributed by atoms with Crippen LogP contribution in [0, 0.1) is 6.92 Å². The minimum Gasteiger partial charge on any atom is -0.391 e. The van der Waals surface area contributed by atoms with E-state index in [0.717, 1.165) is 18.4 Å². The number of aliphatic hydroxyl groups is 1. The Kier molecular flexibility index (Phi) is 4.66. The van der Waals surface area contributed by atoms with E-state index in [9.17, 15) is 13.5 Å². The number of benzene rings is 1. The summed E-state index contributed by atoms with van der Waals surface area (Å²) in [4.78, 5) is 0.218. The molecule has 1 aromatic rings. The largest absolute Gasteiger partial charge is 0.391 e. The van der Waals surface area contributed by atoms with Crippen LogP contribution in [0.3, 0.4) is 0 Å². The summed E-state index contributed by atoms with van der Waals surface area (Å²) in [6.45, 7) is 1.90. The summed E-state index contributed by atoms with van der Waals surface area (Å²) in [5.74, 6) is 0. The minimum atomic E-state index is -3.60. The molecule has 19 heavy (non-hydrogen) atoms. The molecule has 2 atom stereocenters. The van der Waals surface area contributed by atoms with Gasteiger partial charge in [-0.2, -0.15) is 0 Å². The Morgan fingerprint density at radius 2 is 2.00 bits per heavy atom. The van der Waals surface area contributed by atoms with E-state index in [0.29, 0.717) is 17.3 Å². The summed E-state index contributed by atoms with van der Waals surface area (Å²) in [5, 5.41) is 9.85. The first-order valence-electron chi connectivity index (χ1n) is 6.37. The van der Waals surface area contributed by atoms with Gasteiger partial charge in [0.2, 0.25) is 10.0 Å². The van der Waals surface area contributed by atoms with Crippen LogP contribution in [-0.2, 0) is 10.0 Å². The predicted molar refractivity (Wildman–Crippen MR) is 77.5 cm³/mol. The van der Waals surface area contributed by atoms with Gasteiger partial charge in [0.1, 0.15) is 0 Å². The molecule has 0 aromatic heterocycles. The number of hydrogen-bond donors (Lipinski definition) is 2. The Morgan fingerprint density at radius 1 is 1.32 bits per heavy atom. The van der Waals surface area contributed by atoms with Crippen LogP contribution in [0.5, 0.6) is 0 Å². The molecule has 0 radical (unpaired) electrons. The van der Waals surface area contributed by atoms with Gasteiger partial charge in [-0.15, -0.1) is 0 Å². The third-order valence-corrected chi connectivity index (χ3v) is 5.88. The molecule has 1 aromatic carbocycles. The monoisotopic (exact) mass is 347 g/mol. The Labute approximate surface area is 122 Å². The molecule has 2 rings (SSSR count). The smallest absolute Gasteiger partial charge is 0.242 e. The van der Waals surface area contributed by atoms with Gasteiger partial charge in [0.25, 0.3) is 0 Å². The maximum Gasteiger partial charge on any atom is 0.242 e. The van der Waals surface area contributed by atoms with Gasteiger partial charge >= 0.3 is 0 Å². The van der Waals surface area contributed by atoms with Gasteiger partial charge in [-0.25, -0.2) is 13.1 Å². The van der Waals surface area contributed by atoms with Crippen molar-refractivity contribution in [2.45, 2.75) is 49.6 Å². The highest BCUT2D eigenvalue weighted by Crippen LogP contribution is 2.25. The third-order valence-electron chi connectivity index (χ3n) is 3.41. The average molecular weight is 348 g/mol. The molecule has 1 saturated carbocycles. The van der Waals surface area contributed by atoms with E-state index in [2.05, 4.69) is 20.7 Å². The maximum atomic E-state index is 12.3. The molecule has 0 amide bonds. The third kappa shape index (κ3) is 3.56. The summed E-state index contributed by atoms with van der Waals surface area (Å²) >= 11 is 3.28. The van der Waals surface area contributed by atoms with Crippen molar-refractivity contribution in [1.82, 2.24) is 4.72 Å². The summed E-state index contributed by atoms with van der Waals surface area (Å²) in [5.41, 5.74) is 0.989. The highest BCUT2D eigenvalue weighted by molar-refractivity contribution is 9.10. The van der Waals surface area contributed by atoms with Crippen molar-refractivity contribution in [3.8, 4) is 0 Å². The first kappa shape index (κ1) is 15.0. The molecule has 106 valence electrons. The molecule has 0 unspecified atom stereocenters. The van der Waals surface area contributed by atoms with E-state index < -0.39 is 16.1 Å². The van der Waals surface area contributed by atoms with Crippen molar-refractivity contribution in [3.63, 3.8) is 0 Å². The quantitative estimate of drug-likeness (QED) is 0.881. The highest BCUT2D eigenvalue weighted by atomic mass is 79.9. The second-order valence-electron chi connectivity index (χ2n) is 5.01. The van der Waals surface area contributed by atoms with E-state index in [1.54, 1.807) is 18.2 Å². The van der Waals surface area contributed by atoms with E-state index in [-0.39, 0.29) is 10.9 Å². The average Bonchev–Trinajstić information content (AvgIpc) is 2.31. The Morgan fingerprint density at radius 3 is 2.63 bits per heavy atom. The number of sulfonamides is 1. The number of nitrogens with one attached hydrogen (secondary N) is 1. The van der Waals surface area contributed by atoms with Crippen molar-refractivity contribution in [2.75, 3.05) is 0 Å². The van der Waals surface area contributed by atoms with E-state index in [1.807, 2.05) is 6.92 Å². The van der Waals surface area contributed by atoms with Gasteiger partial charge in [-0.1, -0.05) is 18.9 Å². The van der Waals surface area contributed by atoms with Crippen molar-refractivity contribution in [3.05, 3.63) is 28.2 Å². The summed E-state index contributed by atoms with van der Waals surface area (Å²) in [6.07, 6.45) is 2.65. The molecule has 0 bridgehead atoms. The molecular formula is C13H18BrNO3S. The molecule has 4 nitrogen and oxygen atoms in total. The second kappa shape index (κ2) is 5.91. The van der Waals surface area contributed by atoms with Gasteiger partial charge in [-0.3, -0.25) is 0 Å². The van der Waals surface area contributed by atoms with Crippen LogP contribution in [0.1, 0.15) is 31.2 Å². The van der Waals surface area contributed by atoms with E-state index >= 15 is 0 Å². The summed E-state index contributed by atoms with van der Waals surface area (Å²) < 4.78 is 27.8. The normalized spacial score (nSPS) is 24.4. The van der Waals surface area contributed by atoms with Gasteiger partial charge < -0.3 is 5.11 Å². The highest BCUT2D eigenvalue weighted by Gasteiger charge is 2.28. The first-order chi connectivity index (χ1) is 8.90. The molecule has 1 fully saturated rings. The van der Waals surface area contributed by atoms with Crippen molar-refractivity contribution < 1.29 is 13.5 Å². The Hall–Kier alpha value is -0.430. The van der Waals surface area contributed by atoms with Crippen LogP contribution in [0.2, 0.25) is 0 Å². The van der Waals surface area contributed by atoms with Crippen LogP contribution in [-0.4, -0.2) is 25.7 Å². The molecule has 0 aliphatic heterocycles. The zero-order chi connectivity index (χ0) is 14.0. The van der Waals surface area contributed by atoms with Gasteiger partial charge in [-0.05, 0) is 53.4 Å². The molecule has 2 N–H and O–H groups in total. The fraction of sp³-hybridized carbons (Fsp3) is 0.538. The van der Waals surface area contributed by atoms with Crippen molar-refractivity contribution in [1.29, 1.82) is 0 Å². The zero-order valence-corrected chi connectivity index (χ0v) is 13.2. The van der Waals surface area contributed by atoms with Crippen LogP contribution in [0.4, 0.5) is 0 Å². The van der Waals surface area contributed by atoms with Gasteiger partial charge in [0.05, 0.1) is 11.0 Å². The topological polar surface area (TPSA) is 66.4 Å². The lowest BCUT2D eigenvalue weighted by Crippen LogP contribution is -2.45. The molecule has 1 aliphatic rings. The fourth-order valence-corrected chi connectivity index (χ4v) is 4.83. The lowest BCUT2D eigenvalue weighted by atomic mass is 9.93. The Bertz CT molecular complexity index is 559. The van der Waals surface area contributed by atoms with Crippen LogP contribution in [0.15, 0.2) is 27.6 Å². The van der Waals surface area contributed by atoms with E-state index in [4.69, 9.17) is 0 Å². The first-order valence-corrected chi connectivity index (χ1v) is 8.64. The van der Waals surface area contributed by atoms with Crippen LogP contribution >= 0.6 is 15.9 Å². The molecule has 6 heteroatoms. The van der Waals surface area contributed by atoms with Gasteiger partial charge in [0, 0.05) is 10.5 Å². The minimum absolute atomic E-state index is 0.218. The van der Waals surface area contributed by atoms with Gasteiger partial charge in [0.15, 0.2) is 0 Å². The second-order valence-corrected chi connectivity index (χ2v) is 7.55. The molecule has 0 saturated heterocycles. The van der Waals surface area contributed by atoms with Crippen molar-refractivity contribution >= 4 is 26.0 Å². The zero-order valence-electron chi connectivity index (χ0n) is 10.8. The molecular weight excluding hydrogens is 330 g/mol. The Balaban J connectivity index is 2.22. The number of rotatable bonds is 3. The SMILES string of the molecule is Cc1ccc(S(=O)(=O)N[C@@H]2CCCC[C@H]2O)c(Br)c1. The van der Waals surface area contributed by atoms with E-state index in [1.165, 1.54) is 0 Å². The predicted octanol–water partition coefficient (Wildman–Crippen LogP) is 2.34. The van der Waals surface area contributed by atoms with Crippen molar-refractivity contribution in [2.24, 2.45) is 0 Å². The summed E-state index contributed by atoms with van der Waals surface area (Å²) in [6, 6.07) is 4.73. The standard InChI is InChI=1S/C13H18BrNO3S/c1-9-6-7-13(10(14)8-9)19(17,18)15-11-4-2-3-5-12(11)16/h6-8,11-12,15-16H,2-5H2,1H3/t11-,12-/m1/s1. The summed E-state index contributed by atoms with van der Waals surface area (Å²) in [7, 11) is -3.60. The number of aliphatic hydroxyl groups excluding tert-OH is 1. The van der Waals surface area contributed by atoms with Crippen LogP contribution in [0.25, 0.3) is 0 Å². The molecule has 1 aliphatic carbocycles. The fourth-order valence-electron chi connectivity index (χ4n) is 2.34.